The van der Waals surface area contributed by atoms with Crippen molar-refractivity contribution in [3.63, 3.8) is 0 Å². The molecule has 2 atom stereocenters. The second-order valence-corrected chi connectivity index (χ2v) is 7.18. The normalized spacial score (nSPS) is 25.1. The number of aromatic nitrogens is 1. The number of fused-ring (bicyclic) bond motifs is 1. The molecule has 0 saturated carbocycles. The van der Waals surface area contributed by atoms with E-state index in [1.165, 1.54) is 28.4 Å². The summed E-state index contributed by atoms with van der Waals surface area (Å²) in [5, 5.41) is 5.06. The lowest BCUT2D eigenvalue weighted by Crippen LogP contribution is -2.37. The predicted molar refractivity (Wildman–Crippen MR) is 85.6 cm³/mol. The Morgan fingerprint density at radius 3 is 3.05 bits per heavy atom. The van der Waals surface area contributed by atoms with Crippen LogP contribution in [-0.2, 0) is 17.6 Å². The minimum Gasteiger partial charge on any atom is -0.341 e. The van der Waals surface area contributed by atoms with Crippen LogP contribution >= 0.6 is 11.3 Å². The van der Waals surface area contributed by atoms with Crippen molar-refractivity contribution in [1.29, 1.82) is 0 Å². The van der Waals surface area contributed by atoms with E-state index in [9.17, 15) is 4.79 Å². The van der Waals surface area contributed by atoms with Gasteiger partial charge in [-0.05, 0) is 32.1 Å². The molecule has 3 rings (SSSR count). The number of amides is 1. The van der Waals surface area contributed by atoms with Gasteiger partial charge in [-0.3, -0.25) is 4.79 Å². The van der Waals surface area contributed by atoms with Gasteiger partial charge >= 0.3 is 0 Å². The number of hydrogen-bond acceptors (Lipinski definition) is 4. The number of likely N-dealkylation sites (tertiary alicyclic amines) is 1. The minimum absolute atomic E-state index is 0.287. The fourth-order valence-corrected chi connectivity index (χ4v) is 4.56. The molecule has 1 fully saturated rings. The first kappa shape index (κ1) is 15.0. The molecule has 116 valence electrons. The zero-order valence-corrected chi connectivity index (χ0v) is 13.8. The zero-order chi connectivity index (χ0) is 14.8. The molecule has 5 heteroatoms. The van der Waals surface area contributed by atoms with Crippen molar-refractivity contribution in [2.45, 2.75) is 64.5 Å². The fraction of sp³-hybridized carbons (Fsp3) is 0.750. The number of aryl methyl sites for hydroxylation is 2. The highest BCUT2D eigenvalue weighted by molar-refractivity contribution is 7.11. The van der Waals surface area contributed by atoms with Crippen molar-refractivity contribution in [2.75, 3.05) is 13.1 Å². The molecule has 1 N–H and O–H groups in total. The SMILES string of the molecule is CCC(=O)N1CCC(NC2CCCc3nc(CC)sc32)C1. The van der Waals surface area contributed by atoms with Gasteiger partial charge in [0.05, 0.1) is 10.7 Å². The van der Waals surface area contributed by atoms with Gasteiger partial charge in [-0.2, -0.15) is 0 Å². The van der Waals surface area contributed by atoms with Gasteiger partial charge in [0.25, 0.3) is 0 Å². The molecule has 1 aromatic rings. The number of rotatable bonds is 4. The van der Waals surface area contributed by atoms with Crippen LogP contribution in [0.2, 0.25) is 0 Å². The number of thiazole rings is 1. The molecule has 21 heavy (non-hydrogen) atoms. The lowest BCUT2D eigenvalue weighted by molar-refractivity contribution is -0.129. The molecule has 1 aromatic heterocycles. The van der Waals surface area contributed by atoms with Crippen molar-refractivity contribution >= 4 is 17.2 Å². The Balaban J connectivity index is 1.64. The fourth-order valence-electron chi connectivity index (χ4n) is 3.41. The molecule has 0 aromatic carbocycles. The molecule has 0 radical (unpaired) electrons. The maximum Gasteiger partial charge on any atom is 0.222 e. The van der Waals surface area contributed by atoms with E-state index in [1.54, 1.807) is 0 Å². The van der Waals surface area contributed by atoms with Crippen molar-refractivity contribution < 1.29 is 4.79 Å². The van der Waals surface area contributed by atoms with Crippen molar-refractivity contribution in [2.24, 2.45) is 0 Å². The van der Waals surface area contributed by atoms with Crippen LogP contribution in [0, 0.1) is 0 Å². The maximum atomic E-state index is 11.8. The van der Waals surface area contributed by atoms with Crippen LogP contribution in [0.25, 0.3) is 0 Å². The lowest BCUT2D eigenvalue weighted by atomic mass is 9.97. The average molecular weight is 307 g/mol. The van der Waals surface area contributed by atoms with E-state index in [-0.39, 0.29) is 5.91 Å². The van der Waals surface area contributed by atoms with Crippen LogP contribution in [0.15, 0.2) is 0 Å². The van der Waals surface area contributed by atoms with E-state index in [4.69, 9.17) is 4.98 Å². The minimum atomic E-state index is 0.287. The Bertz CT molecular complexity index is 514. The van der Waals surface area contributed by atoms with Crippen LogP contribution in [0.1, 0.15) is 61.2 Å². The monoisotopic (exact) mass is 307 g/mol. The Hall–Kier alpha value is -0.940. The highest BCUT2D eigenvalue weighted by atomic mass is 32.1. The topological polar surface area (TPSA) is 45.2 Å². The van der Waals surface area contributed by atoms with E-state index < -0.39 is 0 Å². The van der Waals surface area contributed by atoms with Crippen molar-refractivity contribution in [3.05, 3.63) is 15.6 Å². The van der Waals surface area contributed by atoms with Crippen LogP contribution in [0.3, 0.4) is 0 Å². The molecular formula is C16H25N3OS. The maximum absolute atomic E-state index is 11.8. The van der Waals surface area contributed by atoms with Gasteiger partial charge < -0.3 is 10.2 Å². The van der Waals surface area contributed by atoms with Gasteiger partial charge in [-0.1, -0.05) is 13.8 Å². The molecule has 1 saturated heterocycles. The Morgan fingerprint density at radius 2 is 2.29 bits per heavy atom. The Labute approximate surface area is 130 Å². The second-order valence-electron chi connectivity index (χ2n) is 6.06. The van der Waals surface area contributed by atoms with Crippen LogP contribution in [-0.4, -0.2) is 34.9 Å². The van der Waals surface area contributed by atoms with Crippen molar-refractivity contribution in [3.8, 4) is 0 Å². The number of hydrogen-bond donors (Lipinski definition) is 1. The summed E-state index contributed by atoms with van der Waals surface area (Å²) >= 11 is 1.88. The van der Waals surface area contributed by atoms with E-state index in [2.05, 4.69) is 12.2 Å². The van der Waals surface area contributed by atoms with E-state index in [0.29, 0.717) is 18.5 Å². The van der Waals surface area contributed by atoms with Gasteiger partial charge in [0.15, 0.2) is 0 Å². The summed E-state index contributed by atoms with van der Waals surface area (Å²) in [6.45, 7) is 5.91. The summed E-state index contributed by atoms with van der Waals surface area (Å²) < 4.78 is 0. The quantitative estimate of drug-likeness (QED) is 0.930. The van der Waals surface area contributed by atoms with Crippen LogP contribution in [0.5, 0.6) is 0 Å². The van der Waals surface area contributed by atoms with Gasteiger partial charge in [-0.15, -0.1) is 11.3 Å². The molecule has 2 unspecified atom stereocenters. The Kier molecular flexibility index (Phi) is 4.60. The summed E-state index contributed by atoms with van der Waals surface area (Å²) in [6.07, 6.45) is 6.30. The largest absolute Gasteiger partial charge is 0.341 e. The first-order chi connectivity index (χ1) is 10.2. The van der Waals surface area contributed by atoms with Gasteiger partial charge in [-0.25, -0.2) is 4.98 Å². The van der Waals surface area contributed by atoms with E-state index in [1.807, 2.05) is 23.2 Å². The smallest absolute Gasteiger partial charge is 0.222 e. The average Bonchev–Trinajstić information content (AvgIpc) is 3.13. The van der Waals surface area contributed by atoms with Crippen LogP contribution < -0.4 is 5.32 Å². The van der Waals surface area contributed by atoms with Gasteiger partial charge in [0.2, 0.25) is 5.91 Å². The number of carbonyl (C=O) groups excluding carboxylic acids is 1. The third kappa shape index (κ3) is 3.14. The van der Waals surface area contributed by atoms with Gasteiger partial charge in [0.1, 0.15) is 0 Å². The Morgan fingerprint density at radius 1 is 1.43 bits per heavy atom. The lowest BCUT2D eigenvalue weighted by Gasteiger charge is -2.26. The molecule has 0 spiro atoms. The molecule has 0 bridgehead atoms. The van der Waals surface area contributed by atoms with E-state index >= 15 is 0 Å². The molecule has 2 aliphatic rings. The summed E-state index contributed by atoms with van der Waals surface area (Å²) in [4.78, 5) is 20.0. The highest BCUT2D eigenvalue weighted by Gasteiger charge is 2.30. The van der Waals surface area contributed by atoms with Crippen LogP contribution in [0.4, 0.5) is 0 Å². The molecule has 1 amide bonds. The van der Waals surface area contributed by atoms with E-state index in [0.717, 1.165) is 32.4 Å². The predicted octanol–water partition coefficient (Wildman–Crippen LogP) is 2.68. The first-order valence-electron chi connectivity index (χ1n) is 8.23. The third-order valence-corrected chi connectivity index (χ3v) is 5.93. The molecular weight excluding hydrogens is 282 g/mol. The molecule has 1 aliphatic carbocycles. The highest BCUT2D eigenvalue weighted by Crippen LogP contribution is 2.35. The van der Waals surface area contributed by atoms with Gasteiger partial charge in [0, 0.05) is 36.5 Å². The standard InChI is InChI=1S/C16H25N3OS/c1-3-14-18-13-7-5-6-12(16(13)21-14)17-11-8-9-19(10-11)15(20)4-2/h11-12,17H,3-10H2,1-2H3. The summed E-state index contributed by atoms with van der Waals surface area (Å²) in [5.74, 6) is 0.287. The zero-order valence-electron chi connectivity index (χ0n) is 13.0. The molecule has 1 aliphatic heterocycles. The van der Waals surface area contributed by atoms with Crippen molar-refractivity contribution in [1.82, 2.24) is 15.2 Å². The number of nitrogens with zero attached hydrogens (tertiary/aromatic N) is 2. The number of nitrogens with one attached hydrogen (secondary N) is 1. The first-order valence-corrected chi connectivity index (χ1v) is 9.05. The second kappa shape index (κ2) is 6.44. The third-order valence-electron chi connectivity index (χ3n) is 4.58. The number of carbonyl (C=O) groups is 1. The summed E-state index contributed by atoms with van der Waals surface area (Å²) in [7, 11) is 0. The summed E-state index contributed by atoms with van der Waals surface area (Å²) in [5.41, 5.74) is 1.32. The molecule has 4 nitrogen and oxygen atoms in total. The summed E-state index contributed by atoms with van der Waals surface area (Å²) in [6, 6.07) is 0.900. The molecule has 2 heterocycles.